The number of hydrogen-bond donors (Lipinski definition) is 1. The minimum absolute atomic E-state index is 0.0684. The number of carbonyl (C=O) groups is 2. The van der Waals surface area contributed by atoms with E-state index in [0.717, 1.165) is 18.2 Å². The van der Waals surface area contributed by atoms with Crippen molar-refractivity contribution >= 4 is 39.1 Å². The molecular formula is C26H36ClN3O5S. The van der Waals surface area contributed by atoms with Gasteiger partial charge in [0.15, 0.2) is 0 Å². The molecule has 0 bridgehead atoms. The van der Waals surface area contributed by atoms with Crippen molar-refractivity contribution in [3.8, 4) is 5.75 Å². The Morgan fingerprint density at radius 2 is 1.75 bits per heavy atom. The molecule has 2 rings (SSSR count). The van der Waals surface area contributed by atoms with Gasteiger partial charge in [-0.1, -0.05) is 36.7 Å². The monoisotopic (exact) mass is 537 g/mol. The molecule has 1 N–H and O–H groups in total. The van der Waals surface area contributed by atoms with Gasteiger partial charge in [0.05, 0.1) is 18.6 Å². The van der Waals surface area contributed by atoms with Crippen molar-refractivity contribution in [2.24, 2.45) is 0 Å². The summed E-state index contributed by atoms with van der Waals surface area (Å²) in [5.41, 5.74) is 1.23. The van der Waals surface area contributed by atoms with Crippen LogP contribution in [-0.4, -0.2) is 57.1 Å². The summed E-state index contributed by atoms with van der Waals surface area (Å²) in [5.74, 6) is 0.147. The maximum absolute atomic E-state index is 13.3. The van der Waals surface area contributed by atoms with Crippen LogP contribution in [-0.2, 0) is 26.2 Å². The predicted molar refractivity (Wildman–Crippen MR) is 144 cm³/mol. The summed E-state index contributed by atoms with van der Waals surface area (Å²) >= 11 is 6.31. The fourth-order valence-electron chi connectivity index (χ4n) is 3.67. The van der Waals surface area contributed by atoms with Crippen LogP contribution in [0.25, 0.3) is 0 Å². The summed E-state index contributed by atoms with van der Waals surface area (Å²) in [7, 11) is -3.57. The standard InChI is InChI=1S/C26H36ClN3O5S/c1-5-17-28-26(32)20(3)29(19-21-10-7-8-11-24(21)27)25(31)12-9-18-30(36(4,33)34)22-13-15-23(16-14-22)35-6-2/h7-8,10-11,13-16,20H,5-6,9,12,17-19H2,1-4H3,(H,28,32)/t20-/m1/s1. The van der Waals surface area contributed by atoms with E-state index in [4.69, 9.17) is 16.3 Å². The molecule has 0 spiro atoms. The van der Waals surface area contributed by atoms with E-state index in [1.807, 2.05) is 26.0 Å². The molecule has 0 fully saturated rings. The van der Waals surface area contributed by atoms with Crippen molar-refractivity contribution in [2.75, 3.05) is 30.3 Å². The van der Waals surface area contributed by atoms with Crippen LogP contribution < -0.4 is 14.4 Å². The third-order valence-electron chi connectivity index (χ3n) is 5.60. The molecule has 0 saturated heterocycles. The van der Waals surface area contributed by atoms with Crippen LogP contribution in [0.5, 0.6) is 5.75 Å². The molecule has 36 heavy (non-hydrogen) atoms. The zero-order valence-corrected chi connectivity index (χ0v) is 22.9. The van der Waals surface area contributed by atoms with Gasteiger partial charge in [-0.3, -0.25) is 13.9 Å². The van der Waals surface area contributed by atoms with E-state index in [-0.39, 0.29) is 37.7 Å². The van der Waals surface area contributed by atoms with E-state index in [1.165, 1.54) is 9.21 Å². The van der Waals surface area contributed by atoms with E-state index in [0.29, 0.717) is 29.6 Å². The van der Waals surface area contributed by atoms with Gasteiger partial charge in [0.2, 0.25) is 21.8 Å². The highest BCUT2D eigenvalue weighted by molar-refractivity contribution is 7.92. The normalized spacial score (nSPS) is 12.0. The van der Waals surface area contributed by atoms with Gasteiger partial charge >= 0.3 is 0 Å². The Hall–Kier alpha value is -2.78. The smallest absolute Gasteiger partial charge is 0.242 e. The number of carbonyl (C=O) groups excluding carboxylic acids is 2. The number of anilines is 1. The molecule has 0 aliphatic rings. The Morgan fingerprint density at radius 1 is 1.08 bits per heavy atom. The van der Waals surface area contributed by atoms with Crippen LogP contribution in [0.15, 0.2) is 48.5 Å². The molecule has 2 aromatic carbocycles. The molecule has 0 saturated carbocycles. The number of sulfonamides is 1. The molecule has 0 heterocycles. The van der Waals surface area contributed by atoms with Crippen molar-refractivity contribution in [3.63, 3.8) is 0 Å². The molecule has 10 heteroatoms. The lowest BCUT2D eigenvalue weighted by molar-refractivity contribution is -0.140. The molecule has 0 radical (unpaired) electrons. The number of nitrogens with one attached hydrogen (secondary N) is 1. The Balaban J connectivity index is 2.15. The second-order valence-electron chi connectivity index (χ2n) is 8.45. The molecule has 2 aromatic rings. The van der Waals surface area contributed by atoms with Gasteiger partial charge < -0.3 is 15.0 Å². The first-order valence-corrected chi connectivity index (χ1v) is 14.3. The highest BCUT2D eigenvalue weighted by atomic mass is 35.5. The fraction of sp³-hybridized carbons (Fsp3) is 0.462. The van der Waals surface area contributed by atoms with Crippen molar-refractivity contribution in [3.05, 3.63) is 59.1 Å². The topological polar surface area (TPSA) is 96.0 Å². The SMILES string of the molecule is CCCNC(=O)[C@@H](C)N(Cc1ccccc1Cl)C(=O)CCCN(c1ccc(OCC)cc1)S(C)(=O)=O. The van der Waals surface area contributed by atoms with Crippen LogP contribution in [0.3, 0.4) is 0 Å². The number of nitrogens with zero attached hydrogens (tertiary/aromatic N) is 2. The average Bonchev–Trinajstić information content (AvgIpc) is 2.84. The zero-order chi connectivity index (χ0) is 26.7. The van der Waals surface area contributed by atoms with Gasteiger partial charge in [-0.2, -0.15) is 0 Å². The van der Waals surface area contributed by atoms with E-state index >= 15 is 0 Å². The lowest BCUT2D eigenvalue weighted by atomic mass is 10.1. The number of amides is 2. The van der Waals surface area contributed by atoms with E-state index in [9.17, 15) is 18.0 Å². The number of rotatable bonds is 14. The summed E-state index contributed by atoms with van der Waals surface area (Å²) in [6, 6.07) is 13.3. The lowest BCUT2D eigenvalue weighted by Gasteiger charge is -2.29. The van der Waals surface area contributed by atoms with Crippen LogP contribution >= 0.6 is 11.6 Å². The number of hydrogen-bond acceptors (Lipinski definition) is 5. The maximum atomic E-state index is 13.3. The quantitative estimate of drug-likeness (QED) is 0.389. The minimum Gasteiger partial charge on any atom is -0.494 e. The summed E-state index contributed by atoms with van der Waals surface area (Å²) in [6.45, 7) is 6.83. The zero-order valence-electron chi connectivity index (χ0n) is 21.4. The molecule has 0 aliphatic carbocycles. The molecule has 0 unspecified atom stereocenters. The van der Waals surface area contributed by atoms with Gasteiger partial charge in [-0.25, -0.2) is 8.42 Å². The summed E-state index contributed by atoms with van der Waals surface area (Å²) in [5, 5.41) is 3.34. The van der Waals surface area contributed by atoms with Crippen molar-refractivity contribution in [1.29, 1.82) is 0 Å². The van der Waals surface area contributed by atoms with Crippen molar-refractivity contribution in [2.45, 2.75) is 52.6 Å². The van der Waals surface area contributed by atoms with E-state index in [1.54, 1.807) is 43.3 Å². The highest BCUT2D eigenvalue weighted by Gasteiger charge is 2.27. The fourth-order valence-corrected chi connectivity index (χ4v) is 4.83. The van der Waals surface area contributed by atoms with Crippen LogP contribution in [0.4, 0.5) is 5.69 Å². The number of ether oxygens (including phenoxy) is 1. The van der Waals surface area contributed by atoms with Gasteiger partial charge in [0, 0.05) is 31.1 Å². The van der Waals surface area contributed by atoms with E-state index < -0.39 is 16.1 Å². The molecule has 1 atom stereocenters. The Bertz CT molecular complexity index is 1110. The Kier molecular flexibility index (Phi) is 11.5. The highest BCUT2D eigenvalue weighted by Crippen LogP contribution is 2.23. The average molecular weight is 538 g/mol. The second-order valence-corrected chi connectivity index (χ2v) is 10.8. The van der Waals surface area contributed by atoms with Gasteiger partial charge in [0.25, 0.3) is 0 Å². The molecule has 0 aliphatic heterocycles. The molecule has 198 valence electrons. The molecular weight excluding hydrogens is 502 g/mol. The van der Waals surface area contributed by atoms with Gasteiger partial charge in [0.1, 0.15) is 11.8 Å². The third-order valence-corrected chi connectivity index (χ3v) is 7.17. The van der Waals surface area contributed by atoms with Gasteiger partial charge in [-0.15, -0.1) is 0 Å². The van der Waals surface area contributed by atoms with Crippen molar-refractivity contribution in [1.82, 2.24) is 10.2 Å². The third kappa shape index (κ3) is 8.71. The van der Waals surface area contributed by atoms with Crippen LogP contribution in [0.1, 0.15) is 45.6 Å². The van der Waals surface area contributed by atoms with Crippen molar-refractivity contribution < 1.29 is 22.7 Å². The first-order chi connectivity index (χ1) is 17.1. The number of benzene rings is 2. The van der Waals surface area contributed by atoms with Crippen LogP contribution in [0.2, 0.25) is 5.02 Å². The molecule has 8 nitrogen and oxygen atoms in total. The Labute approximate surface area is 219 Å². The first kappa shape index (κ1) is 29.5. The molecule has 0 aromatic heterocycles. The molecule has 2 amide bonds. The van der Waals surface area contributed by atoms with Gasteiger partial charge in [-0.05, 0) is 62.6 Å². The summed E-state index contributed by atoms with van der Waals surface area (Å²) < 4.78 is 31.6. The largest absolute Gasteiger partial charge is 0.494 e. The Morgan fingerprint density at radius 3 is 2.33 bits per heavy atom. The van der Waals surface area contributed by atoms with E-state index in [2.05, 4.69) is 5.32 Å². The minimum atomic E-state index is -3.57. The number of halogens is 1. The van der Waals surface area contributed by atoms with Crippen LogP contribution in [0, 0.1) is 0 Å². The summed E-state index contributed by atoms with van der Waals surface area (Å²) in [6.07, 6.45) is 2.26. The summed E-state index contributed by atoms with van der Waals surface area (Å²) in [4.78, 5) is 27.4. The second kappa shape index (κ2) is 14.1. The first-order valence-electron chi connectivity index (χ1n) is 12.1. The predicted octanol–water partition coefficient (Wildman–Crippen LogP) is 4.23. The maximum Gasteiger partial charge on any atom is 0.242 e. The lowest BCUT2D eigenvalue weighted by Crippen LogP contribution is -2.47.